The van der Waals surface area contributed by atoms with Gasteiger partial charge in [-0.05, 0) is 40.4 Å². The summed E-state index contributed by atoms with van der Waals surface area (Å²) in [4.78, 5) is 10.2. The summed E-state index contributed by atoms with van der Waals surface area (Å²) in [6.07, 6.45) is 0.0771. The Bertz CT molecular complexity index is 421. The molecule has 0 heterocycles. The van der Waals surface area contributed by atoms with Crippen molar-refractivity contribution in [2.45, 2.75) is 19.3 Å². The molecule has 0 amide bonds. The first-order valence-electron chi connectivity index (χ1n) is 4.47. The Morgan fingerprint density at radius 1 is 1.25 bits per heavy atom. The van der Waals surface area contributed by atoms with E-state index in [1.165, 1.54) is 0 Å². The van der Waals surface area contributed by atoms with E-state index >= 15 is 0 Å². The van der Waals surface area contributed by atoms with Crippen molar-refractivity contribution in [2.75, 3.05) is 0 Å². The second kappa shape index (κ2) is 5.34. The molecule has 2 nitrogen and oxygen atoms in total. The van der Waals surface area contributed by atoms with Crippen LogP contribution in [0.25, 0.3) is 0 Å². The number of halogens is 4. The average molecular weight is 297 g/mol. The summed E-state index contributed by atoms with van der Waals surface area (Å²) >= 11 is 2.75. The van der Waals surface area contributed by atoms with E-state index in [4.69, 9.17) is 5.11 Å². The minimum atomic E-state index is -1.54. The first kappa shape index (κ1) is 13.0. The predicted octanol–water partition coefficient (Wildman–Crippen LogP) is 3.27. The molecule has 0 spiro atoms. The molecule has 0 fully saturated rings. The van der Waals surface area contributed by atoms with Crippen molar-refractivity contribution >= 4 is 21.9 Å². The number of benzene rings is 1. The van der Waals surface area contributed by atoms with E-state index in [0.29, 0.717) is 0 Å². The van der Waals surface area contributed by atoms with Crippen LogP contribution in [0.1, 0.15) is 18.4 Å². The van der Waals surface area contributed by atoms with Crippen LogP contribution in [0, 0.1) is 17.5 Å². The topological polar surface area (TPSA) is 37.3 Å². The highest BCUT2D eigenvalue weighted by atomic mass is 79.9. The number of carbonyl (C=O) groups is 1. The molecule has 0 saturated heterocycles. The molecule has 0 bridgehead atoms. The third-order valence-corrected chi connectivity index (χ3v) is 2.59. The van der Waals surface area contributed by atoms with Crippen molar-refractivity contribution in [3.8, 4) is 0 Å². The molecule has 1 N–H and O–H groups in total. The molecule has 1 aromatic rings. The van der Waals surface area contributed by atoms with Gasteiger partial charge >= 0.3 is 5.97 Å². The molecule has 1 aromatic carbocycles. The summed E-state index contributed by atoms with van der Waals surface area (Å²) in [5.41, 5.74) is -0.0352. The van der Waals surface area contributed by atoms with Gasteiger partial charge in [0.1, 0.15) is 0 Å². The van der Waals surface area contributed by atoms with E-state index in [1.54, 1.807) is 0 Å². The fourth-order valence-electron chi connectivity index (χ4n) is 1.23. The maximum absolute atomic E-state index is 13.2. The monoisotopic (exact) mass is 296 g/mol. The Balaban J connectivity index is 2.85. The third-order valence-electron chi connectivity index (χ3n) is 2.01. The second-order valence-electron chi connectivity index (χ2n) is 3.21. The van der Waals surface area contributed by atoms with Gasteiger partial charge in [-0.3, -0.25) is 4.79 Å². The molecule has 0 radical (unpaired) electrons. The largest absolute Gasteiger partial charge is 0.481 e. The zero-order chi connectivity index (χ0) is 12.3. The van der Waals surface area contributed by atoms with Gasteiger partial charge in [0.15, 0.2) is 17.5 Å². The van der Waals surface area contributed by atoms with Crippen LogP contribution in [0.2, 0.25) is 0 Å². The van der Waals surface area contributed by atoms with E-state index < -0.39 is 23.4 Å². The Hall–Kier alpha value is -1.04. The molecule has 0 saturated carbocycles. The SMILES string of the molecule is O=C(O)CCCc1cc(Br)c(F)c(F)c1F. The lowest BCUT2D eigenvalue weighted by Gasteiger charge is -2.05. The summed E-state index contributed by atoms with van der Waals surface area (Å²) in [5.74, 6) is -5.09. The van der Waals surface area contributed by atoms with Crippen LogP contribution in [-0.4, -0.2) is 11.1 Å². The van der Waals surface area contributed by atoms with Crippen molar-refractivity contribution in [1.29, 1.82) is 0 Å². The van der Waals surface area contributed by atoms with Crippen molar-refractivity contribution < 1.29 is 23.1 Å². The molecule has 0 aliphatic carbocycles. The van der Waals surface area contributed by atoms with Crippen LogP contribution in [0.3, 0.4) is 0 Å². The summed E-state index contributed by atoms with van der Waals surface area (Å²) in [6.45, 7) is 0. The molecule has 16 heavy (non-hydrogen) atoms. The van der Waals surface area contributed by atoms with Gasteiger partial charge in [-0.25, -0.2) is 13.2 Å². The molecule has 0 unspecified atom stereocenters. The van der Waals surface area contributed by atoms with E-state index in [-0.39, 0.29) is 29.3 Å². The van der Waals surface area contributed by atoms with Crippen molar-refractivity contribution in [2.24, 2.45) is 0 Å². The fraction of sp³-hybridized carbons (Fsp3) is 0.300. The predicted molar refractivity (Wildman–Crippen MR) is 54.6 cm³/mol. The van der Waals surface area contributed by atoms with Crippen LogP contribution >= 0.6 is 15.9 Å². The third kappa shape index (κ3) is 2.98. The highest BCUT2D eigenvalue weighted by Crippen LogP contribution is 2.24. The number of carboxylic acid groups (broad SMARTS) is 1. The van der Waals surface area contributed by atoms with Crippen LogP contribution in [-0.2, 0) is 11.2 Å². The van der Waals surface area contributed by atoms with Crippen molar-refractivity contribution in [1.82, 2.24) is 0 Å². The second-order valence-corrected chi connectivity index (χ2v) is 4.06. The zero-order valence-corrected chi connectivity index (χ0v) is 9.65. The van der Waals surface area contributed by atoms with Crippen molar-refractivity contribution in [3.05, 3.63) is 33.6 Å². The molecule has 0 atom stereocenters. The fourth-order valence-corrected chi connectivity index (χ4v) is 1.68. The van der Waals surface area contributed by atoms with Crippen LogP contribution in [0.4, 0.5) is 13.2 Å². The lowest BCUT2D eigenvalue weighted by molar-refractivity contribution is -0.137. The Kier molecular flexibility index (Phi) is 4.35. The maximum atomic E-state index is 13.2. The average Bonchev–Trinajstić information content (AvgIpc) is 2.22. The number of rotatable bonds is 4. The van der Waals surface area contributed by atoms with E-state index in [9.17, 15) is 18.0 Å². The summed E-state index contributed by atoms with van der Waals surface area (Å²) in [6, 6.07) is 1.12. The first-order valence-corrected chi connectivity index (χ1v) is 5.26. The van der Waals surface area contributed by atoms with Gasteiger partial charge < -0.3 is 5.11 Å². The lowest BCUT2D eigenvalue weighted by Crippen LogP contribution is -2.01. The van der Waals surface area contributed by atoms with Gasteiger partial charge in [-0.15, -0.1) is 0 Å². The normalized spacial score (nSPS) is 10.5. The quantitative estimate of drug-likeness (QED) is 0.684. The summed E-state index contributed by atoms with van der Waals surface area (Å²) in [5, 5.41) is 8.38. The summed E-state index contributed by atoms with van der Waals surface area (Å²) in [7, 11) is 0. The van der Waals surface area contributed by atoms with E-state index in [1.807, 2.05) is 0 Å². The van der Waals surface area contributed by atoms with Crippen LogP contribution < -0.4 is 0 Å². The van der Waals surface area contributed by atoms with Gasteiger partial charge in [0, 0.05) is 6.42 Å². The van der Waals surface area contributed by atoms with Crippen LogP contribution in [0.15, 0.2) is 10.5 Å². The molecule has 0 aliphatic heterocycles. The minimum absolute atomic E-state index is 0.0352. The molecule has 0 aliphatic rings. The smallest absolute Gasteiger partial charge is 0.303 e. The van der Waals surface area contributed by atoms with Gasteiger partial charge in [0.05, 0.1) is 4.47 Å². The van der Waals surface area contributed by atoms with E-state index in [0.717, 1.165) is 6.07 Å². The van der Waals surface area contributed by atoms with Gasteiger partial charge in [0.2, 0.25) is 0 Å². The highest BCUT2D eigenvalue weighted by Gasteiger charge is 2.17. The van der Waals surface area contributed by atoms with Gasteiger partial charge in [-0.2, -0.15) is 0 Å². The molecular weight excluding hydrogens is 289 g/mol. The van der Waals surface area contributed by atoms with Crippen molar-refractivity contribution in [3.63, 3.8) is 0 Å². The zero-order valence-electron chi connectivity index (χ0n) is 8.07. The van der Waals surface area contributed by atoms with E-state index in [2.05, 4.69) is 15.9 Å². The Labute approximate surface area is 98.2 Å². The van der Waals surface area contributed by atoms with Gasteiger partial charge in [-0.1, -0.05) is 0 Å². The Morgan fingerprint density at radius 2 is 1.88 bits per heavy atom. The number of hydrogen-bond acceptors (Lipinski definition) is 1. The van der Waals surface area contributed by atoms with Gasteiger partial charge in [0.25, 0.3) is 0 Å². The summed E-state index contributed by atoms with van der Waals surface area (Å²) < 4.78 is 38.8. The molecule has 1 rings (SSSR count). The molecule has 6 heteroatoms. The Morgan fingerprint density at radius 3 is 2.44 bits per heavy atom. The standard InChI is InChI=1S/C10H8BrF3O2/c11-6-4-5(2-1-3-7(15)16)8(12)10(14)9(6)13/h4H,1-3H2,(H,15,16). The highest BCUT2D eigenvalue weighted by molar-refractivity contribution is 9.10. The number of hydrogen-bond donors (Lipinski definition) is 1. The molecule has 88 valence electrons. The number of aryl methyl sites for hydroxylation is 1. The van der Waals surface area contributed by atoms with Crippen LogP contribution in [0.5, 0.6) is 0 Å². The molecule has 0 aromatic heterocycles. The first-order chi connectivity index (χ1) is 7.43. The number of aliphatic carboxylic acids is 1. The number of carboxylic acids is 1. The minimum Gasteiger partial charge on any atom is -0.481 e. The molecular formula is C10H8BrF3O2. The lowest BCUT2D eigenvalue weighted by atomic mass is 10.1. The maximum Gasteiger partial charge on any atom is 0.303 e.